The topological polar surface area (TPSA) is 124 Å². The van der Waals surface area contributed by atoms with E-state index in [1.807, 2.05) is 0 Å². The Morgan fingerprint density at radius 1 is 0.967 bits per heavy atom. The van der Waals surface area contributed by atoms with Gasteiger partial charge in [-0.25, -0.2) is 9.59 Å². The van der Waals surface area contributed by atoms with Gasteiger partial charge in [-0.05, 0) is 17.7 Å². The molecule has 2 aromatic rings. The molecule has 1 fully saturated rings. The van der Waals surface area contributed by atoms with E-state index in [1.165, 1.54) is 12.1 Å². The Morgan fingerprint density at radius 2 is 1.53 bits per heavy atom. The smallest absolute Gasteiger partial charge is 0.408 e. The molecule has 0 saturated carbocycles. The molecule has 2 aromatic carbocycles. The number of carboxylic acid groups (broad SMARTS) is 2. The molecule has 2 unspecified atom stereocenters. The van der Waals surface area contributed by atoms with Crippen LogP contribution in [0.5, 0.6) is 0 Å². The highest BCUT2D eigenvalue weighted by atomic mass is 16.7. The summed E-state index contributed by atoms with van der Waals surface area (Å²) in [6.07, 6.45) is -2.68. The predicted molar refractivity (Wildman–Crippen MR) is 102 cm³/mol. The zero-order chi connectivity index (χ0) is 21.5. The predicted octanol–water partition coefficient (Wildman–Crippen LogP) is 2.03. The molecule has 0 radical (unpaired) electrons. The summed E-state index contributed by atoms with van der Waals surface area (Å²) in [7, 11) is 0. The third-order valence-electron chi connectivity index (χ3n) is 5.45. The lowest BCUT2D eigenvalue weighted by Crippen LogP contribution is -2.54. The molecule has 2 atom stereocenters. The van der Waals surface area contributed by atoms with Crippen molar-refractivity contribution in [1.82, 2.24) is 9.96 Å². The number of carbonyl (C=O) groups is 4. The van der Waals surface area contributed by atoms with E-state index < -0.39 is 35.5 Å². The molecule has 0 aromatic heterocycles. The molecule has 0 spiro atoms. The maximum absolute atomic E-state index is 12.5. The maximum atomic E-state index is 12.5. The first-order valence-corrected chi connectivity index (χ1v) is 9.26. The Labute approximate surface area is 171 Å². The number of rotatable bonds is 5. The average Bonchev–Trinajstić information content (AvgIpc) is 3.21. The van der Waals surface area contributed by atoms with Gasteiger partial charge in [-0.3, -0.25) is 19.3 Å². The van der Waals surface area contributed by atoms with Crippen molar-refractivity contribution in [3.05, 3.63) is 71.3 Å². The van der Waals surface area contributed by atoms with Gasteiger partial charge in [0.2, 0.25) is 0 Å². The third-order valence-corrected chi connectivity index (χ3v) is 5.45. The van der Waals surface area contributed by atoms with E-state index in [9.17, 15) is 29.4 Å². The molecule has 2 N–H and O–H groups in total. The summed E-state index contributed by atoms with van der Waals surface area (Å²) < 4.78 is 0. The molecule has 2 aliphatic heterocycles. The number of nitrogens with zero attached hydrogens (tertiary/aromatic N) is 2. The molecule has 9 heteroatoms. The van der Waals surface area contributed by atoms with Crippen LogP contribution in [0.15, 0.2) is 54.6 Å². The molecule has 0 bridgehead atoms. The second kappa shape index (κ2) is 7.27. The lowest BCUT2D eigenvalue weighted by atomic mass is 9.88. The van der Waals surface area contributed by atoms with Gasteiger partial charge in [-0.15, -0.1) is 5.06 Å². The molecule has 3 amide bonds. The quantitative estimate of drug-likeness (QED) is 0.723. The second-order valence-electron chi connectivity index (χ2n) is 7.27. The minimum absolute atomic E-state index is 0.0720. The lowest BCUT2D eigenvalue weighted by molar-refractivity contribution is -0.150. The number of fused-ring (bicyclic) bond motifs is 1. The third kappa shape index (κ3) is 3.09. The number of hydroxylamine groups is 2. The van der Waals surface area contributed by atoms with E-state index >= 15 is 0 Å². The Hall–Kier alpha value is -3.72. The normalized spacial score (nSPS) is 23.0. The highest BCUT2D eigenvalue weighted by Crippen LogP contribution is 2.36. The molecule has 154 valence electrons. The second-order valence-corrected chi connectivity index (χ2v) is 7.27. The van der Waals surface area contributed by atoms with Crippen LogP contribution in [0.4, 0.5) is 4.79 Å². The number of carbonyl (C=O) groups excluding carboxylic acids is 2. The van der Waals surface area contributed by atoms with Crippen molar-refractivity contribution in [3.63, 3.8) is 0 Å². The highest BCUT2D eigenvalue weighted by Gasteiger charge is 2.55. The molecule has 1 saturated heterocycles. The summed E-state index contributed by atoms with van der Waals surface area (Å²) >= 11 is 0. The van der Waals surface area contributed by atoms with Crippen LogP contribution >= 0.6 is 0 Å². The fraction of sp³-hybridized carbons (Fsp3) is 0.238. The molecule has 30 heavy (non-hydrogen) atoms. The number of benzene rings is 2. The average molecular weight is 410 g/mol. The van der Waals surface area contributed by atoms with E-state index in [0.29, 0.717) is 10.6 Å². The van der Waals surface area contributed by atoms with Gasteiger partial charge in [-0.1, -0.05) is 42.5 Å². The number of likely N-dealkylation sites (tertiary alicyclic amines) is 1. The molecule has 0 aliphatic carbocycles. The first-order valence-electron chi connectivity index (χ1n) is 9.26. The van der Waals surface area contributed by atoms with Crippen molar-refractivity contribution in [1.29, 1.82) is 0 Å². The largest absolute Gasteiger partial charge is 0.479 e. The summed E-state index contributed by atoms with van der Waals surface area (Å²) in [5, 5.41) is 20.2. The van der Waals surface area contributed by atoms with Crippen LogP contribution < -0.4 is 0 Å². The summed E-state index contributed by atoms with van der Waals surface area (Å²) in [5.41, 5.74) is -0.766. The zero-order valence-corrected chi connectivity index (χ0v) is 15.7. The van der Waals surface area contributed by atoms with Crippen molar-refractivity contribution in [3.8, 4) is 0 Å². The maximum Gasteiger partial charge on any atom is 0.408 e. The number of hydrogen-bond donors (Lipinski definition) is 2. The van der Waals surface area contributed by atoms with Gasteiger partial charge < -0.3 is 10.2 Å². The van der Waals surface area contributed by atoms with E-state index in [0.717, 1.165) is 4.90 Å². The summed E-state index contributed by atoms with van der Waals surface area (Å²) in [6, 6.07) is 14.9. The molecule has 4 rings (SSSR count). The number of hydrogen-bond acceptors (Lipinski definition) is 5. The summed E-state index contributed by atoms with van der Waals surface area (Å²) in [6.45, 7) is -0.290. The lowest BCUT2D eigenvalue weighted by Gasteiger charge is -2.32. The van der Waals surface area contributed by atoms with Crippen molar-refractivity contribution in [2.24, 2.45) is 0 Å². The fourth-order valence-electron chi connectivity index (χ4n) is 4.05. The van der Waals surface area contributed by atoms with Crippen molar-refractivity contribution in [2.75, 3.05) is 6.54 Å². The standard InChI is InChI=1S/C21H18N2O7/c24-17-15-8-4-5-9-16(15)18(25)23(17)30-14-11-21(19(26)27,22(12-14)20(28)29)10-13-6-2-1-3-7-13/h1-9,14H,10-12H2,(H,26,27)(H,28,29). The Bertz CT molecular complexity index is 1000. The van der Waals surface area contributed by atoms with E-state index in [1.54, 1.807) is 42.5 Å². The Morgan fingerprint density at radius 3 is 2.07 bits per heavy atom. The van der Waals surface area contributed by atoms with Crippen LogP contribution in [-0.4, -0.2) is 62.2 Å². The van der Waals surface area contributed by atoms with Crippen LogP contribution in [0.2, 0.25) is 0 Å². The summed E-state index contributed by atoms with van der Waals surface area (Å²) in [4.78, 5) is 55.5. The first-order chi connectivity index (χ1) is 14.3. The van der Waals surface area contributed by atoms with Gasteiger partial charge in [-0.2, -0.15) is 0 Å². The van der Waals surface area contributed by atoms with E-state index in [4.69, 9.17) is 4.84 Å². The van der Waals surface area contributed by atoms with Crippen LogP contribution in [0.25, 0.3) is 0 Å². The molecular formula is C21H18N2O7. The number of carboxylic acids is 1. The van der Waals surface area contributed by atoms with Crippen molar-refractivity contribution in [2.45, 2.75) is 24.5 Å². The Kier molecular flexibility index (Phi) is 4.75. The van der Waals surface area contributed by atoms with Gasteiger partial charge in [0.15, 0.2) is 0 Å². The van der Waals surface area contributed by atoms with Gasteiger partial charge >= 0.3 is 12.1 Å². The van der Waals surface area contributed by atoms with Crippen LogP contribution in [-0.2, 0) is 16.1 Å². The van der Waals surface area contributed by atoms with Crippen molar-refractivity contribution >= 4 is 23.9 Å². The fourth-order valence-corrected chi connectivity index (χ4v) is 4.05. The van der Waals surface area contributed by atoms with Crippen molar-refractivity contribution < 1.29 is 34.2 Å². The minimum atomic E-state index is -1.78. The van der Waals surface area contributed by atoms with Gasteiger partial charge in [0.05, 0.1) is 17.7 Å². The Balaban J connectivity index is 1.61. The molecule has 2 heterocycles. The number of imide groups is 1. The number of amides is 3. The van der Waals surface area contributed by atoms with Crippen LogP contribution in [0.1, 0.15) is 32.7 Å². The minimum Gasteiger partial charge on any atom is -0.479 e. The molecule has 9 nitrogen and oxygen atoms in total. The zero-order valence-electron chi connectivity index (χ0n) is 15.7. The van der Waals surface area contributed by atoms with E-state index in [2.05, 4.69) is 0 Å². The highest BCUT2D eigenvalue weighted by molar-refractivity contribution is 6.20. The van der Waals surface area contributed by atoms with E-state index in [-0.39, 0.29) is 30.5 Å². The van der Waals surface area contributed by atoms with Gasteiger partial charge in [0, 0.05) is 12.8 Å². The van der Waals surface area contributed by atoms with Gasteiger partial charge in [0.25, 0.3) is 11.8 Å². The monoisotopic (exact) mass is 410 g/mol. The SMILES string of the molecule is O=C1c2ccccc2C(=O)N1OC1CN(C(=O)O)C(Cc2ccccc2)(C(=O)O)C1. The first kappa shape index (κ1) is 19.6. The van der Waals surface area contributed by atoms with Gasteiger partial charge in [0.1, 0.15) is 11.6 Å². The molecular weight excluding hydrogens is 392 g/mol. The summed E-state index contributed by atoms with van der Waals surface area (Å²) in [5.74, 6) is -2.64. The number of aliphatic carboxylic acids is 1. The molecule has 2 aliphatic rings. The van der Waals surface area contributed by atoms with Crippen LogP contribution in [0.3, 0.4) is 0 Å². The van der Waals surface area contributed by atoms with Crippen LogP contribution in [0, 0.1) is 0 Å².